The van der Waals surface area contributed by atoms with E-state index in [4.69, 9.17) is 4.74 Å². The van der Waals surface area contributed by atoms with E-state index in [0.717, 1.165) is 53.6 Å². The van der Waals surface area contributed by atoms with Gasteiger partial charge in [0, 0.05) is 18.7 Å². The van der Waals surface area contributed by atoms with Crippen molar-refractivity contribution in [2.75, 3.05) is 11.9 Å². The van der Waals surface area contributed by atoms with Gasteiger partial charge in [0.15, 0.2) is 6.61 Å². The van der Waals surface area contributed by atoms with Crippen molar-refractivity contribution in [3.05, 3.63) is 69.1 Å². The fraction of sp³-hybridized carbons (Fsp3) is 0.280. The minimum absolute atomic E-state index is 0.0984. The number of nitrogens with zero attached hydrogens (tertiary/aromatic N) is 2. The van der Waals surface area contributed by atoms with Crippen LogP contribution in [0.2, 0.25) is 0 Å². The molecule has 1 aliphatic rings. The molecule has 0 aliphatic carbocycles. The first-order chi connectivity index (χ1) is 16.0. The molecule has 1 aliphatic heterocycles. The highest BCUT2D eigenvalue weighted by Gasteiger charge is 2.23. The Morgan fingerprint density at radius 2 is 1.94 bits per heavy atom. The van der Waals surface area contributed by atoms with E-state index in [2.05, 4.69) is 10.3 Å². The molecule has 0 saturated carbocycles. The monoisotopic (exact) mass is 461 g/mol. The van der Waals surface area contributed by atoms with Gasteiger partial charge in [0.1, 0.15) is 15.5 Å². The number of aromatic nitrogens is 2. The Labute approximate surface area is 194 Å². The number of nitrogens with one attached hydrogen (secondary N) is 1. The van der Waals surface area contributed by atoms with Crippen molar-refractivity contribution in [2.24, 2.45) is 0 Å². The largest absolute Gasteiger partial charge is 0.451 e. The SMILES string of the molecule is Cc1c(C(=O)OCC(=O)Nc2ccc3ccccc3c2)sc2nc3n(c(=O)c12)CCCCC3. The molecule has 0 unspecified atom stereocenters. The second-order valence-electron chi connectivity index (χ2n) is 8.22. The molecule has 7 nitrogen and oxygen atoms in total. The highest BCUT2D eigenvalue weighted by Crippen LogP contribution is 2.29. The number of fused-ring (bicyclic) bond motifs is 3. The molecule has 2 aromatic heterocycles. The number of hydrogen-bond donors (Lipinski definition) is 1. The van der Waals surface area contributed by atoms with E-state index >= 15 is 0 Å². The van der Waals surface area contributed by atoms with E-state index in [9.17, 15) is 14.4 Å². The quantitative estimate of drug-likeness (QED) is 0.454. The van der Waals surface area contributed by atoms with Crippen molar-refractivity contribution in [3.8, 4) is 0 Å². The van der Waals surface area contributed by atoms with E-state index < -0.39 is 18.5 Å². The lowest BCUT2D eigenvalue weighted by atomic mass is 10.1. The average molecular weight is 462 g/mol. The molecular formula is C25H23N3O4S. The summed E-state index contributed by atoms with van der Waals surface area (Å²) < 4.78 is 7.01. The van der Waals surface area contributed by atoms with Gasteiger partial charge in [-0.05, 0) is 48.2 Å². The number of thiophene rings is 1. The zero-order valence-electron chi connectivity index (χ0n) is 18.2. The fourth-order valence-corrected chi connectivity index (χ4v) is 5.35. The molecule has 0 atom stereocenters. The molecule has 1 amide bonds. The zero-order chi connectivity index (χ0) is 22.9. The summed E-state index contributed by atoms with van der Waals surface area (Å²) in [4.78, 5) is 43.7. The van der Waals surface area contributed by atoms with Gasteiger partial charge in [0.2, 0.25) is 0 Å². The predicted molar refractivity (Wildman–Crippen MR) is 129 cm³/mol. The molecule has 0 fully saturated rings. The summed E-state index contributed by atoms with van der Waals surface area (Å²) in [5.41, 5.74) is 1.09. The average Bonchev–Trinajstić information content (AvgIpc) is 2.98. The molecule has 2 aromatic carbocycles. The number of anilines is 1. The van der Waals surface area contributed by atoms with Crippen LogP contribution in [0.3, 0.4) is 0 Å². The van der Waals surface area contributed by atoms with Crippen molar-refractivity contribution in [2.45, 2.75) is 39.2 Å². The maximum Gasteiger partial charge on any atom is 0.349 e. The number of benzene rings is 2. The molecule has 0 radical (unpaired) electrons. The molecule has 0 saturated heterocycles. The Morgan fingerprint density at radius 3 is 2.79 bits per heavy atom. The van der Waals surface area contributed by atoms with Gasteiger partial charge in [-0.2, -0.15) is 0 Å². The first kappa shape index (κ1) is 21.3. The summed E-state index contributed by atoms with van der Waals surface area (Å²) in [5.74, 6) is -0.271. The summed E-state index contributed by atoms with van der Waals surface area (Å²) in [5, 5.41) is 5.30. The Bertz CT molecular complexity index is 1450. The van der Waals surface area contributed by atoms with E-state index in [0.29, 0.717) is 32.9 Å². The lowest BCUT2D eigenvalue weighted by Crippen LogP contribution is -2.24. The lowest BCUT2D eigenvalue weighted by molar-refractivity contribution is -0.119. The maximum atomic E-state index is 13.1. The van der Waals surface area contributed by atoms with Crippen LogP contribution in [0.4, 0.5) is 5.69 Å². The normalized spacial score (nSPS) is 13.5. The molecule has 5 rings (SSSR count). The number of carbonyl (C=O) groups is 2. The van der Waals surface area contributed by atoms with Gasteiger partial charge >= 0.3 is 5.97 Å². The van der Waals surface area contributed by atoms with Gasteiger partial charge in [-0.25, -0.2) is 9.78 Å². The number of hydrogen-bond acceptors (Lipinski definition) is 6. The molecule has 33 heavy (non-hydrogen) atoms. The third kappa shape index (κ3) is 4.14. The summed E-state index contributed by atoms with van der Waals surface area (Å²) >= 11 is 1.15. The second kappa shape index (κ2) is 8.78. The molecule has 4 aromatic rings. The van der Waals surface area contributed by atoms with Crippen LogP contribution in [-0.2, 0) is 22.5 Å². The third-order valence-electron chi connectivity index (χ3n) is 5.96. The zero-order valence-corrected chi connectivity index (χ0v) is 19.0. The minimum atomic E-state index is -0.622. The van der Waals surface area contributed by atoms with Crippen LogP contribution in [0.25, 0.3) is 21.0 Å². The Balaban J connectivity index is 1.31. The maximum absolute atomic E-state index is 13.1. The van der Waals surface area contributed by atoms with Gasteiger partial charge in [-0.1, -0.05) is 36.8 Å². The van der Waals surface area contributed by atoms with Crippen LogP contribution < -0.4 is 10.9 Å². The standard InChI is InChI=1S/C25H23N3O4S/c1-15-21-23(27-19-9-3-2-6-12-28(19)24(21)30)33-22(15)25(31)32-14-20(29)26-18-11-10-16-7-4-5-8-17(16)13-18/h4-5,7-8,10-11,13H,2-3,6,9,12,14H2,1H3,(H,26,29). The smallest absolute Gasteiger partial charge is 0.349 e. The molecule has 8 heteroatoms. The molecule has 1 N–H and O–H groups in total. The first-order valence-corrected chi connectivity index (χ1v) is 11.8. The van der Waals surface area contributed by atoms with E-state index in [1.807, 2.05) is 36.4 Å². The molecular weight excluding hydrogens is 438 g/mol. The summed E-state index contributed by atoms with van der Waals surface area (Å²) in [7, 11) is 0. The number of aryl methyl sites for hydroxylation is 2. The third-order valence-corrected chi connectivity index (χ3v) is 7.13. The first-order valence-electron chi connectivity index (χ1n) is 11.0. The van der Waals surface area contributed by atoms with Crippen LogP contribution in [0.5, 0.6) is 0 Å². The minimum Gasteiger partial charge on any atom is -0.451 e. The van der Waals surface area contributed by atoms with E-state index in [-0.39, 0.29) is 5.56 Å². The number of rotatable bonds is 4. The summed E-state index contributed by atoms with van der Waals surface area (Å²) in [6.07, 6.45) is 3.79. The van der Waals surface area contributed by atoms with Gasteiger partial charge in [-0.3, -0.25) is 14.2 Å². The highest BCUT2D eigenvalue weighted by atomic mass is 32.1. The number of ether oxygens (including phenoxy) is 1. The van der Waals surface area contributed by atoms with Gasteiger partial charge in [-0.15, -0.1) is 11.3 Å². The molecule has 3 heterocycles. The van der Waals surface area contributed by atoms with Crippen LogP contribution >= 0.6 is 11.3 Å². The summed E-state index contributed by atoms with van der Waals surface area (Å²) in [6.45, 7) is 1.97. The number of carbonyl (C=O) groups excluding carboxylic acids is 2. The highest BCUT2D eigenvalue weighted by molar-refractivity contribution is 7.20. The van der Waals surface area contributed by atoms with Crippen LogP contribution in [0.1, 0.15) is 40.3 Å². The number of esters is 1. The number of amides is 1. The van der Waals surface area contributed by atoms with Crippen molar-refractivity contribution >= 4 is 49.9 Å². The van der Waals surface area contributed by atoms with Crippen LogP contribution in [-0.4, -0.2) is 28.0 Å². The van der Waals surface area contributed by atoms with E-state index in [1.165, 1.54) is 0 Å². The topological polar surface area (TPSA) is 90.3 Å². The lowest BCUT2D eigenvalue weighted by Gasteiger charge is -2.08. The molecule has 0 bridgehead atoms. The Morgan fingerprint density at radius 1 is 1.12 bits per heavy atom. The van der Waals surface area contributed by atoms with Crippen LogP contribution in [0.15, 0.2) is 47.3 Å². The van der Waals surface area contributed by atoms with Crippen molar-refractivity contribution in [3.63, 3.8) is 0 Å². The van der Waals surface area contributed by atoms with Crippen molar-refractivity contribution in [1.82, 2.24) is 9.55 Å². The summed E-state index contributed by atoms with van der Waals surface area (Å²) in [6, 6.07) is 13.4. The van der Waals surface area contributed by atoms with Gasteiger partial charge in [0.05, 0.1) is 5.39 Å². The van der Waals surface area contributed by atoms with Crippen molar-refractivity contribution in [1.29, 1.82) is 0 Å². The predicted octanol–water partition coefficient (Wildman–Crippen LogP) is 4.44. The van der Waals surface area contributed by atoms with E-state index in [1.54, 1.807) is 17.6 Å². The van der Waals surface area contributed by atoms with Crippen LogP contribution in [0, 0.1) is 6.92 Å². The van der Waals surface area contributed by atoms with Gasteiger partial charge < -0.3 is 10.1 Å². The molecule has 0 spiro atoms. The fourth-order valence-electron chi connectivity index (χ4n) is 4.27. The van der Waals surface area contributed by atoms with Gasteiger partial charge in [0.25, 0.3) is 11.5 Å². The Hall–Kier alpha value is -3.52. The Kier molecular flexibility index (Phi) is 5.68. The molecule has 168 valence electrons. The van der Waals surface area contributed by atoms with Crippen molar-refractivity contribution < 1.29 is 14.3 Å². The second-order valence-corrected chi connectivity index (χ2v) is 9.22.